The van der Waals surface area contributed by atoms with Crippen LogP contribution in [0.1, 0.15) is 26.3 Å². The van der Waals surface area contributed by atoms with Gasteiger partial charge < -0.3 is 0 Å². The Morgan fingerprint density at radius 1 is 0.933 bits per heavy atom. The number of pyridine rings is 1. The molecule has 0 radical (unpaired) electrons. The van der Waals surface area contributed by atoms with Crippen LogP contribution in [-0.2, 0) is 15.4 Å². The summed E-state index contributed by atoms with van der Waals surface area (Å²) in [7, 11) is -3.79. The lowest BCUT2D eigenvalue weighted by Gasteiger charge is -2.19. The highest BCUT2D eigenvalue weighted by Gasteiger charge is 2.20. The maximum atomic E-state index is 13.0. The fourth-order valence-electron chi connectivity index (χ4n) is 3.20. The molecule has 0 unspecified atom stereocenters. The van der Waals surface area contributed by atoms with Gasteiger partial charge in [0.25, 0.3) is 10.0 Å². The molecule has 1 N–H and O–H groups in total. The van der Waals surface area contributed by atoms with Crippen molar-refractivity contribution in [2.45, 2.75) is 31.1 Å². The van der Waals surface area contributed by atoms with Crippen molar-refractivity contribution in [1.29, 1.82) is 0 Å². The number of nitrogens with one attached hydrogen (secondary N) is 1. The molecule has 2 aromatic heterocycles. The molecule has 2 heterocycles. The van der Waals surface area contributed by atoms with E-state index in [2.05, 4.69) is 30.6 Å². The topological polar surface area (TPSA) is 63.5 Å². The summed E-state index contributed by atoms with van der Waals surface area (Å²) in [4.78, 5) is 0.189. The maximum Gasteiger partial charge on any atom is 0.263 e. The average molecular weight is 440 g/mol. The Labute approximate surface area is 181 Å². The maximum absolute atomic E-state index is 13.0. The summed E-state index contributed by atoms with van der Waals surface area (Å²) in [6.45, 7) is 6.25. The summed E-state index contributed by atoms with van der Waals surface area (Å²) >= 11 is 6.34. The first-order valence-electron chi connectivity index (χ1n) is 9.52. The molecule has 0 amide bonds. The van der Waals surface area contributed by atoms with Gasteiger partial charge in [-0.2, -0.15) is 5.10 Å². The van der Waals surface area contributed by atoms with Gasteiger partial charge in [0.1, 0.15) is 5.82 Å². The number of aromatic nitrogens is 2. The molecule has 0 fully saturated rings. The fourth-order valence-corrected chi connectivity index (χ4v) is 4.44. The number of halogens is 1. The normalized spacial score (nSPS) is 12.3. The van der Waals surface area contributed by atoms with Crippen molar-refractivity contribution in [1.82, 2.24) is 9.61 Å². The predicted octanol–water partition coefficient (Wildman–Crippen LogP) is 5.75. The monoisotopic (exact) mass is 439 g/mol. The molecule has 0 aliphatic rings. The Hall–Kier alpha value is -2.83. The van der Waals surface area contributed by atoms with Gasteiger partial charge in [-0.15, -0.1) is 0 Å². The van der Waals surface area contributed by atoms with Gasteiger partial charge in [0.2, 0.25) is 0 Å². The zero-order chi connectivity index (χ0) is 21.5. The second-order valence-corrected chi connectivity index (χ2v) is 10.2. The molecule has 0 atom stereocenters. The lowest BCUT2D eigenvalue weighted by Crippen LogP contribution is -2.16. The number of benzene rings is 2. The Morgan fingerprint density at radius 2 is 1.60 bits per heavy atom. The molecule has 7 heteroatoms. The number of anilines is 1. The minimum atomic E-state index is -3.79. The highest BCUT2D eigenvalue weighted by atomic mass is 35.5. The molecule has 0 saturated heterocycles. The second kappa shape index (κ2) is 7.45. The van der Waals surface area contributed by atoms with E-state index in [1.807, 2.05) is 48.5 Å². The fraction of sp³-hybridized carbons (Fsp3) is 0.174. The molecule has 4 aromatic rings. The van der Waals surface area contributed by atoms with Gasteiger partial charge in [0, 0.05) is 5.56 Å². The van der Waals surface area contributed by atoms with Crippen molar-refractivity contribution in [3.8, 4) is 11.3 Å². The predicted molar refractivity (Wildman–Crippen MR) is 122 cm³/mol. The van der Waals surface area contributed by atoms with E-state index in [9.17, 15) is 8.42 Å². The first kappa shape index (κ1) is 20.4. The Kier molecular flexibility index (Phi) is 5.08. The van der Waals surface area contributed by atoms with E-state index in [4.69, 9.17) is 11.6 Å². The summed E-state index contributed by atoms with van der Waals surface area (Å²) in [5.74, 6) is 0.316. The largest absolute Gasteiger partial charge is 0.263 e. The van der Waals surface area contributed by atoms with Crippen molar-refractivity contribution >= 4 is 33.0 Å². The molecule has 0 saturated carbocycles. The molecular formula is C23H22ClN3O2S. The van der Waals surface area contributed by atoms with Crippen LogP contribution in [0.4, 0.5) is 5.82 Å². The minimum Gasteiger partial charge on any atom is -0.263 e. The summed E-state index contributed by atoms with van der Waals surface area (Å²) in [5.41, 5.74) is 3.26. The number of hydrogen-bond donors (Lipinski definition) is 1. The number of rotatable bonds is 4. The van der Waals surface area contributed by atoms with Crippen molar-refractivity contribution in [2.75, 3.05) is 4.72 Å². The lowest BCUT2D eigenvalue weighted by atomic mass is 9.87. The third-order valence-electron chi connectivity index (χ3n) is 4.91. The first-order chi connectivity index (χ1) is 14.1. The van der Waals surface area contributed by atoms with E-state index < -0.39 is 10.0 Å². The molecule has 154 valence electrons. The number of nitrogens with zero attached hydrogens (tertiary/aromatic N) is 2. The summed E-state index contributed by atoms with van der Waals surface area (Å²) in [5, 5.41) is 5.06. The standard InChI is InChI=1S/C23H22ClN3O2S/c1-23(2,3)17-9-11-18(12-10-17)30(28,29)26-22-14-13-19(24)21-15-20(25-27(21)22)16-7-5-4-6-8-16/h4-15,26H,1-3H3. The molecule has 2 aromatic carbocycles. The summed E-state index contributed by atoms with van der Waals surface area (Å²) in [6.07, 6.45) is 0. The molecule has 0 bridgehead atoms. The summed E-state index contributed by atoms with van der Waals surface area (Å²) in [6, 6.07) is 21.7. The van der Waals surface area contributed by atoms with Gasteiger partial charge in [-0.05, 0) is 41.3 Å². The van der Waals surface area contributed by atoms with Gasteiger partial charge in [0.15, 0.2) is 0 Å². The minimum absolute atomic E-state index is 0.0546. The van der Waals surface area contributed by atoms with E-state index in [0.717, 1.165) is 11.1 Å². The van der Waals surface area contributed by atoms with E-state index in [0.29, 0.717) is 22.1 Å². The van der Waals surface area contributed by atoms with Crippen molar-refractivity contribution in [3.05, 3.63) is 83.4 Å². The molecular weight excluding hydrogens is 418 g/mol. The van der Waals surface area contributed by atoms with Crippen LogP contribution in [0.2, 0.25) is 5.02 Å². The van der Waals surface area contributed by atoms with Gasteiger partial charge in [-0.25, -0.2) is 12.9 Å². The van der Waals surface area contributed by atoms with Crippen LogP contribution in [-0.4, -0.2) is 18.0 Å². The number of fused-ring (bicyclic) bond motifs is 1. The quantitative estimate of drug-likeness (QED) is 0.440. The lowest BCUT2D eigenvalue weighted by molar-refractivity contribution is 0.587. The third-order valence-corrected chi connectivity index (χ3v) is 6.60. The highest BCUT2D eigenvalue weighted by molar-refractivity contribution is 7.92. The smallest absolute Gasteiger partial charge is 0.263 e. The SMILES string of the molecule is CC(C)(C)c1ccc(S(=O)(=O)Nc2ccc(Cl)c3cc(-c4ccccc4)nn23)cc1. The molecule has 5 nitrogen and oxygen atoms in total. The van der Waals surface area contributed by atoms with E-state index in [1.165, 1.54) is 4.52 Å². The van der Waals surface area contributed by atoms with Crippen LogP contribution in [0.15, 0.2) is 77.7 Å². The highest BCUT2D eigenvalue weighted by Crippen LogP contribution is 2.29. The van der Waals surface area contributed by atoms with Crippen LogP contribution in [0.5, 0.6) is 0 Å². The molecule has 30 heavy (non-hydrogen) atoms. The van der Waals surface area contributed by atoms with Crippen molar-refractivity contribution < 1.29 is 8.42 Å². The molecule has 0 aliphatic carbocycles. The van der Waals surface area contributed by atoms with E-state index in [-0.39, 0.29) is 10.3 Å². The molecule has 0 aliphatic heterocycles. The summed E-state index contributed by atoms with van der Waals surface area (Å²) < 4.78 is 30.1. The van der Waals surface area contributed by atoms with Crippen LogP contribution in [0.3, 0.4) is 0 Å². The van der Waals surface area contributed by atoms with Crippen LogP contribution in [0.25, 0.3) is 16.8 Å². The van der Waals surface area contributed by atoms with Crippen molar-refractivity contribution in [3.63, 3.8) is 0 Å². The van der Waals surface area contributed by atoms with Crippen LogP contribution < -0.4 is 4.72 Å². The van der Waals surface area contributed by atoms with Crippen LogP contribution >= 0.6 is 11.6 Å². The van der Waals surface area contributed by atoms with Gasteiger partial charge in [-0.1, -0.05) is 74.8 Å². The third kappa shape index (κ3) is 3.93. The van der Waals surface area contributed by atoms with Gasteiger partial charge >= 0.3 is 0 Å². The number of hydrogen-bond acceptors (Lipinski definition) is 3. The zero-order valence-corrected chi connectivity index (χ0v) is 18.5. The van der Waals surface area contributed by atoms with Gasteiger partial charge in [0.05, 0.1) is 21.1 Å². The average Bonchev–Trinajstić information content (AvgIpc) is 3.17. The second-order valence-electron chi connectivity index (χ2n) is 8.14. The zero-order valence-electron chi connectivity index (χ0n) is 16.9. The Bertz CT molecular complexity index is 1310. The molecule has 0 spiro atoms. The van der Waals surface area contributed by atoms with E-state index in [1.54, 1.807) is 24.3 Å². The Morgan fingerprint density at radius 3 is 2.23 bits per heavy atom. The van der Waals surface area contributed by atoms with Crippen molar-refractivity contribution in [2.24, 2.45) is 0 Å². The van der Waals surface area contributed by atoms with Crippen LogP contribution in [0, 0.1) is 0 Å². The number of sulfonamides is 1. The van der Waals surface area contributed by atoms with E-state index >= 15 is 0 Å². The molecule has 4 rings (SSSR count). The Balaban J connectivity index is 1.73. The first-order valence-corrected chi connectivity index (χ1v) is 11.4. The van der Waals surface area contributed by atoms with Gasteiger partial charge in [-0.3, -0.25) is 4.72 Å².